The molecule has 0 bridgehead atoms. The summed E-state index contributed by atoms with van der Waals surface area (Å²) >= 11 is 6.64. The Morgan fingerprint density at radius 1 is 1.33 bits per heavy atom. The van der Waals surface area contributed by atoms with Crippen molar-refractivity contribution in [2.45, 2.75) is 57.7 Å². The summed E-state index contributed by atoms with van der Waals surface area (Å²) in [6.45, 7) is 9.14. The van der Waals surface area contributed by atoms with E-state index in [9.17, 15) is 0 Å². The molecule has 0 amide bonds. The summed E-state index contributed by atoms with van der Waals surface area (Å²) < 4.78 is 0. The van der Waals surface area contributed by atoms with E-state index in [-0.39, 0.29) is 5.41 Å². The average Bonchev–Trinajstić information content (AvgIpc) is 2.28. The zero-order valence-corrected chi connectivity index (χ0v) is 12.7. The third-order valence-corrected chi connectivity index (χ3v) is 5.18. The van der Waals surface area contributed by atoms with E-state index in [1.54, 1.807) is 0 Å². The first-order valence-corrected chi connectivity index (χ1v) is 7.41. The van der Waals surface area contributed by atoms with Gasteiger partial charge in [0.2, 0.25) is 0 Å². The topological polar surface area (TPSA) is 12.9 Å². The smallest absolute Gasteiger partial charge is 0.0375 e. The molecular formula is C16H24ClN. The second-order valence-electron chi connectivity index (χ2n) is 6.45. The molecule has 0 N–H and O–H groups in total. The van der Waals surface area contributed by atoms with Crippen molar-refractivity contribution in [3.63, 3.8) is 0 Å². The quantitative estimate of drug-likeness (QED) is 0.706. The molecule has 1 fully saturated rings. The van der Waals surface area contributed by atoms with Gasteiger partial charge in [-0.15, -0.1) is 11.6 Å². The molecule has 2 rings (SSSR count). The molecule has 0 aliphatic heterocycles. The number of hydrogen-bond donors (Lipinski definition) is 0. The third-order valence-electron chi connectivity index (χ3n) is 4.69. The first kappa shape index (κ1) is 13.9. The molecule has 1 aromatic rings. The fourth-order valence-corrected chi connectivity index (χ4v) is 4.21. The van der Waals surface area contributed by atoms with Crippen LogP contribution in [0.15, 0.2) is 18.5 Å². The van der Waals surface area contributed by atoms with Gasteiger partial charge in [-0.2, -0.15) is 0 Å². The molecule has 100 valence electrons. The number of halogens is 1. The minimum Gasteiger partial charge on any atom is -0.264 e. The van der Waals surface area contributed by atoms with E-state index in [4.69, 9.17) is 11.6 Å². The number of pyridine rings is 1. The fourth-order valence-electron chi connectivity index (χ4n) is 3.46. The van der Waals surface area contributed by atoms with E-state index < -0.39 is 0 Å². The van der Waals surface area contributed by atoms with Crippen LogP contribution in [0, 0.1) is 18.8 Å². The van der Waals surface area contributed by atoms with E-state index in [1.807, 2.05) is 12.4 Å². The van der Waals surface area contributed by atoms with E-state index in [0.29, 0.717) is 11.3 Å². The van der Waals surface area contributed by atoms with Gasteiger partial charge in [0.25, 0.3) is 0 Å². The molecule has 0 saturated heterocycles. The SMILES string of the molecule is Cc1ccncc1C(C)(C)C1CCC(C)CC1Cl. The second-order valence-corrected chi connectivity index (χ2v) is 7.01. The van der Waals surface area contributed by atoms with Crippen LogP contribution in [-0.2, 0) is 5.41 Å². The summed E-state index contributed by atoms with van der Waals surface area (Å²) in [7, 11) is 0. The maximum atomic E-state index is 6.64. The van der Waals surface area contributed by atoms with E-state index in [0.717, 1.165) is 12.3 Å². The Morgan fingerprint density at radius 3 is 2.67 bits per heavy atom. The van der Waals surface area contributed by atoms with Crippen LogP contribution in [0.4, 0.5) is 0 Å². The van der Waals surface area contributed by atoms with Crippen molar-refractivity contribution in [1.29, 1.82) is 0 Å². The molecule has 18 heavy (non-hydrogen) atoms. The van der Waals surface area contributed by atoms with Crippen molar-refractivity contribution in [2.75, 3.05) is 0 Å². The zero-order valence-electron chi connectivity index (χ0n) is 11.9. The molecule has 0 radical (unpaired) electrons. The summed E-state index contributed by atoms with van der Waals surface area (Å²) in [5.41, 5.74) is 2.80. The summed E-state index contributed by atoms with van der Waals surface area (Å²) in [4.78, 5) is 4.30. The van der Waals surface area contributed by atoms with Gasteiger partial charge < -0.3 is 0 Å². The van der Waals surface area contributed by atoms with E-state index >= 15 is 0 Å². The molecule has 1 heterocycles. The van der Waals surface area contributed by atoms with Crippen LogP contribution in [-0.4, -0.2) is 10.4 Å². The third kappa shape index (κ3) is 2.56. The van der Waals surface area contributed by atoms with Crippen LogP contribution in [0.2, 0.25) is 0 Å². The van der Waals surface area contributed by atoms with Crippen LogP contribution in [0.5, 0.6) is 0 Å². The van der Waals surface area contributed by atoms with Crippen LogP contribution in [0.3, 0.4) is 0 Å². The predicted molar refractivity (Wildman–Crippen MR) is 78.1 cm³/mol. The summed E-state index contributed by atoms with van der Waals surface area (Å²) in [5, 5.41) is 0.295. The molecule has 2 heteroatoms. The van der Waals surface area contributed by atoms with Gasteiger partial charge in [0, 0.05) is 17.8 Å². The molecule has 1 nitrogen and oxygen atoms in total. The van der Waals surface area contributed by atoms with Gasteiger partial charge in [0.1, 0.15) is 0 Å². The Labute approximate surface area is 116 Å². The Bertz CT molecular complexity index is 413. The predicted octanol–water partition coefficient (Wildman–Crippen LogP) is 4.71. The highest BCUT2D eigenvalue weighted by Gasteiger charge is 2.39. The lowest BCUT2D eigenvalue weighted by Crippen LogP contribution is -2.39. The van der Waals surface area contributed by atoms with Gasteiger partial charge in [-0.25, -0.2) is 0 Å². The van der Waals surface area contributed by atoms with Crippen molar-refractivity contribution in [3.8, 4) is 0 Å². The first-order chi connectivity index (χ1) is 8.43. The van der Waals surface area contributed by atoms with Gasteiger partial charge in [0.05, 0.1) is 0 Å². The highest BCUT2D eigenvalue weighted by molar-refractivity contribution is 6.20. The van der Waals surface area contributed by atoms with Crippen molar-refractivity contribution >= 4 is 11.6 Å². The van der Waals surface area contributed by atoms with Gasteiger partial charge in [-0.1, -0.05) is 27.2 Å². The number of alkyl halides is 1. The Kier molecular flexibility index (Phi) is 4.01. The normalized spacial score (nSPS) is 29.3. The highest BCUT2D eigenvalue weighted by Crippen LogP contribution is 2.45. The Balaban J connectivity index is 2.28. The van der Waals surface area contributed by atoms with Crippen molar-refractivity contribution in [1.82, 2.24) is 4.98 Å². The zero-order chi connectivity index (χ0) is 13.3. The van der Waals surface area contributed by atoms with Crippen molar-refractivity contribution in [2.24, 2.45) is 11.8 Å². The lowest BCUT2D eigenvalue weighted by atomic mass is 9.65. The molecule has 0 aromatic carbocycles. The van der Waals surface area contributed by atoms with E-state index in [1.165, 1.54) is 24.0 Å². The number of hydrogen-bond acceptors (Lipinski definition) is 1. The molecule has 1 saturated carbocycles. The lowest BCUT2D eigenvalue weighted by molar-refractivity contribution is 0.207. The Morgan fingerprint density at radius 2 is 2.06 bits per heavy atom. The minimum absolute atomic E-state index is 0.116. The van der Waals surface area contributed by atoms with Crippen LogP contribution < -0.4 is 0 Å². The van der Waals surface area contributed by atoms with Crippen molar-refractivity contribution in [3.05, 3.63) is 29.6 Å². The van der Waals surface area contributed by atoms with Gasteiger partial charge >= 0.3 is 0 Å². The van der Waals surface area contributed by atoms with E-state index in [2.05, 4.69) is 38.7 Å². The fraction of sp³-hybridized carbons (Fsp3) is 0.688. The molecule has 3 unspecified atom stereocenters. The van der Waals surface area contributed by atoms with Gasteiger partial charge in [-0.3, -0.25) is 4.98 Å². The monoisotopic (exact) mass is 265 g/mol. The minimum atomic E-state index is 0.116. The largest absolute Gasteiger partial charge is 0.264 e. The van der Waals surface area contributed by atoms with Gasteiger partial charge in [-0.05, 0) is 54.2 Å². The van der Waals surface area contributed by atoms with Gasteiger partial charge in [0.15, 0.2) is 0 Å². The second kappa shape index (κ2) is 5.21. The molecule has 3 atom stereocenters. The average molecular weight is 266 g/mol. The Hall–Kier alpha value is -0.560. The number of rotatable bonds is 2. The molecule has 1 aromatic heterocycles. The summed E-state index contributed by atoms with van der Waals surface area (Å²) in [5.74, 6) is 1.33. The maximum Gasteiger partial charge on any atom is 0.0375 e. The van der Waals surface area contributed by atoms with Crippen LogP contribution >= 0.6 is 11.6 Å². The standard InChI is InChI=1S/C16H24ClN/c1-11-5-6-13(15(17)9-11)16(3,4)14-10-18-8-7-12(14)2/h7-8,10-11,13,15H,5-6,9H2,1-4H3. The maximum absolute atomic E-state index is 6.64. The number of aromatic nitrogens is 1. The van der Waals surface area contributed by atoms with Crippen molar-refractivity contribution < 1.29 is 0 Å². The first-order valence-electron chi connectivity index (χ1n) is 6.98. The highest BCUT2D eigenvalue weighted by atomic mass is 35.5. The van der Waals surface area contributed by atoms with Crippen LogP contribution in [0.1, 0.15) is 51.2 Å². The summed E-state index contributed by atoms with van der Waals surface area (Å²) in [6, 6.07) is 2.10. The summed E-state index contributed by atoms with van der Waals surface area (Å²) in [6.07, 6.45) is 7.58. The molecule has 1 aliphatic carbocycles. The molecular weight excluding hydrogens is 242 g/mol. The lowest BCUT2D eigenvalue weighted by Gasteiger charge is -2.42. The van der Waals surface area contributed by atoms with Crippen LogP contribution in [0.25, 0.3) is 0 Å². The molecule has 0 spiro atoms. The number of nitrogens with zero attached hydrogens (tertiary/aromatic N) is 1. The number of aryl methyl sites for hydroxylation is 1. The molecule has 1 aliphatic rings.